The van der Waals surface area contributed by atoms with Gasteiger partial charge in [0.25, 0.3) is 0 Å². The Balaban J connectivity index is 1.89. The summed E-state index contributed by atoms with van der Waals surface area (Å²) in [4.78, 5) is 10.7. The summed E-state index contributed by atoms with van der Waals surface area (Å²) in [6.45, 7) is 5.44. The fraction of sp³-hybridized carbons (Fsp3) is 0.667. The quantitative estimate of drug-likeness (QED) is 0.733. The molecule has 16 heavy (non-hydrogen) atoms. The summed E-state index contributed by atoms with van der Waals surface area (Å²) in [7, 11) is 1.58. The average Bonchev–Trinajstić information content (AvgIpc) is 3.13. The standard InChI is InChI=1S/C12H19N3O/c1-3-15(8-10-4-5-10)9-11-6-13-12(16-2)14-7-11/h6-7,10H,3-5,8-9H2,1-2H3. The minimum absolute atomic E-state index is 0.439. The van der Waals surface area contributed by atoms with Crippen LogP contribution in [0, 0.1) is 5.92 Å². The highest BCUT2D eigenvalue weighted by molar-refractivity contribution is 5.07. The summed E-state index contributed by atoms with van der Waals surface area (Å²) in [6.07, 6.45) is 6.49. The normalized spacial score (nSPS) is 15.4. The Morgan fingerprint density at radius 2 is 2.06 bits per heavy atom. The van der Waals surface area contributed by atoms with Gasteiger partial charge in [0.1, 0.15) is 0 Å². The molecular weight excluding hydrogens is 202 g/mol. The molecule has 1 aliphatic rings. The van der Waals surface area contributed by atoms with E-state index >= 15 is 0 Å². The van der Waals surface area contributed by atoms with E-state index in [4.69, 9.17) is 4.74 Å². The first-order valence-electron chi connectivity index (χ1n) is 5.89. The average molecular weight is 221 g/mol. The van der Waals surface area contributed by atoms with Crippen molar-refractivity contribution >= 4 is 0 Å². The van der Waals surface area contributed by atoms with E-state index in [0.717, 1.165) is 24.6 Å². The third-order valence-corrected chi connectivity index (χ3v) is 2.93. The van der Waals surface area contributed by atoms with E-state index in [9.17, 15) is 0 Å². The third-order valence-electron chi connectivity index (χ3n) is 2.93. The molecule has 0 bridgehead atoms. The van der Waals surface area contributed by atoms with E-state index in [1.54, 1.807) is 7.11 Å². The van der Waals surface area contributed by atoms with Gasteiger partial charge in [-0.3, -0.25) is 4.90 Å². The maximum Gasteiger partial charge on any atom is 0.316 e. The van der Waals surface area contributed by atoms with Gasteiger partial charge in [-0.15, -0.1) is 0 Å². The minimum atomic E-state index is 0.439. The van der Waals surface area contributed by atoms with E-state index in [-0.39, 0.29) is 0 Å². The Morgan fingerprint density at radius 3 is 2.56 bits per heavy atom. The topological polar surface area (TPSA) is 38.2 Å². The molecule has 0 spiro atoms. The molecule has 1 fully saturated rings. The number of aromatic nitrogens is 2. The number of methoxy groups -OCH3 is 1. The Labute approximate surface area is 96.7 Å². The second kappa shape index (κ2) is 5.25. The van der Waals surface area contributed by atoms with E-state index < -0.39 is 0 Å². The van der Waals surface area contributed by atoms with Crippen LogP contribution in [0.15, 0.2) is 12.4 Å². The Kier molecular flexibility index (Phi) is 3.72. The lowest BCUT2D eigenvalue weighted by atomic mass is 10.3. The summed E-state index contributed by atoms with van der Waals surface area (Å²) >= 11 is 0. The first-order chi connectivity index (χ1) is 7.81. The van der Waals surface area contributed by atoms with Crippen LogP contribution in [0.3, 0.4) is 0 Å². The molecule has 2 rings (SSSR count). The molecule has 4 heteroatoms. The van der Waals surface area contributed by atoms with Gasteiger partial charge in [-0.2, -0.15) is 0 Å². The molecule has 0 aliphatic heterocycles. The Bertz CT molecular complexity index is 322. The zero-order valence-corrected chi connectivity index (χ0v) is 10.0. The van der Waals surface area contributed by atoms with Gasteiger partial charge < -0.3 is 4.74 Å². The minimum Gasteiger partial charge on any atom is -0.467 e. The number of hydrogen-bond acceptors (Lipinski definition) is 4. The molecule has 1 aliphatic carbocycles. The monoisotopic (exact) mass is 221 g/mol. The summed E-state index contributed by atoms with van der Waals surface area (Å²) in [5.74, 6) is 0.930. The first kappa shape index (κ1) is 11.3. The predicted octanol–water partition coefficient (Wildman–Crippen LogP) is 1.72. The molecule has 0 atom stereocenters. The number of nitrogens with zero attached hydrogens (tertiary/aromatic N) is 3. The van der Waals surface area contributed by atoms with Crippen LogP contribution in [0.25, 0.3) is 0 Å². The molecular formula is C12H19N3O. The molecule has 0 saturated heterocycles. The van der Waals surface area contributed by atoms with Crippen molar-refractivity contribution in [1.82, 2.24) is 14.9 Å². The van der Waals surface area contributed by atoms with Crippen molar-refractivity contribution in [2.24, 2.45) is 5.92 Å². The van der Waals surface area contributed by atoms with Crippen molar-refractivity contribution in [1.29, 1.82) is 0 Å². The summed E-state index contributed by atoms with van der Waals surface area (Å²) < 4.78 is 4.94. The lowest BCUT2D eigenvalue weighted by Gasteiger charge is -2.19. The highest BCUT2D eigenvalue weighted by Crippen LogP contribution is 2.29. The van der Waals surface area contributed by atoms with Crippen LogP contribution >= 0.6 is 0 Å². The zero-order chi connectivity index (χ0) is 11.4. The number of rotatable bonds is 6. The summed E-state index contributed by atoms with van der Waals surface area (Å²) in [5.41, 5.74) is 1.16. The molecule has 0 unspecified atom stereocenters. The van der Waals surface area contributed by atoms with Gasteiger partial charge in [0.15, 0.2) is 0 Å². The maximum absolute atomic E-state index is 4.94. The highest BCUT2D eigenvalue weighted by Gasteiger charge is 2.23. The smallest absolute Gasteiger partial charge is 0.316 e. The van der Waals surface area contributed by atoms with Gasteiger partial charge in [0.2, 0.25) is 0 Å². The molecule has 0 aromatic carbocycles. The van der Waals surface area contributed by atoms with Gasteiger partial charge in [-0.25, -0.2) is 9.97 Å². The van der Waals surface area contributed by atoms with E-state index in [2.05, 4.69) is 21.8 Å². The SMILES string of the molecule is CCN(Cc1cnc(OC)nc1)CC1CC1. The van der Waals surface area contributed by atoms with Gasteiger partial charge in [-0.05, 0) is 25.3 Å². The van der Waals surface area contributed by atoms with E-state index in [1.165, 1.54) is 19.4 Å². The second-order valence-corrected chi connectivity index (χ2v) is 4.35. The molecule has 1 aromatic rings. The van der Waals surface area contributed by atoms with Crippen LogP contribution in [0.5, 0.6) is 6.01 Å². The summed E-state index contributed by atoms with van der Waals surface area (Å²) in [6, 6.07) is 0.439. The van der Waals surface area contributed by atoms with Crippen LogP contribution in [-0.4, -0.2) is 35.1 Å². The molecule has 0 radical (unpaired) electrons. The zero-order valence-electron chi connectivity index (χ0n) is 10.0. The van der Waals surface area contributed by atoms with Crippen LogP contribution < -0.4 is 4.74 Å². The maximum atomic E-state index is 4.94. The van der Waals surface area contributed by atoms with Crippen LogP contribution in [0.1, 0.15) is 25.3 Å². The van der Waals surface area contributed by atoms with Crippen molar-refractivity contribution in [2.75, 3.05) is 20.2 Å². The number of hydrogen-bond donors (Lipinski definition) is 0. The van der Waals surface area contributed by atoms with Crippen molar-refractivity contribution in [3.05, 3.63) is 18.0 Å². The number of ether oxygens (including phenoxy) is 1. The van der Waals surface area contributed by atoms with Crippen molar-refractivity contribution < 1.29 is 4.74 Å². The van der Waals surface area contributed by atoms with E-state index in [0.29, 0.717) is 6.01 Å². The Hall–Kier alpha value is -1.16. The van der Waals surface area contributed by atoms with E-state index in [1.807, 2.05) is 12.4 Å². The van der Waals surface area contributed by atoms with Gasteiger partial charge >= 0.3 is 6.01 Å². The fourth-order valence-corrected chi connectivity index (χ4v) is 1.76. The van der Waals surface area contributed by atoms with Crippen LogP contribution in [0.2, 0.25) is 0 Å². The van der Waals surface area contributed by atoms with Crippen LogP contribution in [-0.2, 0) is 6.54 Å². The van der Waals surface area contributed by atoms with Crippen molar-refractivity contribution in [3.8, 4) is 6.01 Å². The Morgan fingerprint density at radius 1 is 1.38 bits per heavy atom. The second-order valence-electron chi connectivity index (χ2n) is 4.35. The molecule has 0 N–H and O–H groups in total. The first-order valence-corrected chi connectivity index (χ1v) is 5.89. The molecule has 4 nitrogen and oxygen atoms in total. The van der Waals surface area contributed by atoms with Gasteiger partial charge in [0.05, 0.1) is 7.11 Å². The predicted molar refractivity (Wildman–Crippen MR) is 62.3 cm³/mol. The molecule has 0 amide bonds. The van der Waals surface area contributed by atoms with Gasteiger partial charge in [0, 0.05) is 31.0 Å². The van der Waals surface area contributed by atoms with Gasteiger partial charge in [-0.1, -0.05) is 6.92 Å². The van der Waals surface area contributed by atoms with Crippen molar-refractivity contribution in [3.63, 3.8) is 0 Å². The lowest BCUT2D eigenvalue weighted by Crippen LogP contribution is -2.25. The molecule has 88 valence electrons. The fourth-order valence-electron chi connectivity index (χ4n) is 1.76. The lowest BCUT2D eigenvalue weighted by molar-refractivity contribution is 0.267. The van der Waals surface area contributed by atoms with Crippen molar-refractivity contribution in [2.45, 2.75) is 26.3 Å². The highest BCUT2D eigenvalue weighted by atomic mass is 16.5. The summed E-state index contributed by atoms with van der Waals surface area (Å²) in [5, 5.41) is 0. The van der Waals surface area contributed by atoms with Crippen LogP contribution in [0.4, 0.5) is 0 Å². The molecule has 1 saturated carbocycles. The largest absolute Gasteiger partial charge is 0.467 e. The molecule has 1 heterocycles. The third kappa shape index (κ3) is 3.17. The molecule has 1 aromatic heterocycles.